The molecule has 0 radical (unpaired) electrons. The van der Waals surface area contributed by atoms with Crippen LogP contribution in [-0.2, 0) is 14.3 Å². The van der Waals surface area contributed by atoms with E-state index in [0.717, 1.165) is 0 Å². The molecule has 0 spiro atoms. The van der Waals surface area contributed by atoms with E-state index in [4.69, 9.17) is 22.1 Å². The first-order valence-electron chi connectivity index (χ1n) is 7.11. The molecule has 1 saturated heterocycles. The van der Waals surface area contributed by atoms with Crippen LogP contribution in [0, 0.1) is 5.92 Å². The molecule has 0 bridgehead atoms. The molecule has 3 N–H and O–H groups in total. The summed E-state index contributed by atoms with van der Waals surface area (Å²) in [6, 6.07) is 3.96. The van der Waals surface area contributed by atoms with E-state index in [-0.39, 0.29) is 28.8 Å². The lowest BCUT2D eigenvalue weighted by atomic mass is 9.97. The molecule has 1 fully saturated rings. The molecule has 124 valence electrons. The van der Waals surface area contributed by atoms with E-state index in [9.17, 15) is 19.5 Å². The van der Waals surface area contributed by atoms with Crippen LogP contribution in [0.5, 0.6) is 5.75 Å². The van der Waals surface area contributed by atoms with Crippen molar-refractivity contribution in [3.63, 3.8) is 0 Å². The number of phenols is 1. The number of hydrogen-bond donors (Lipinski definition) is 2. The number of aromatic hydroxyl groups is 1. The van der Waals surface area contributed by atoms with Gasteiger partial charge < -0.3 is 20.5 Å². The summed E-state index contributed by atoms with van der Waals surface area (Å²) >= 11 is 5.68. The van der Waals surface area contributed by atoms with Crippen LogP contribution in [0.2, 0.25) is 5.02 Å². The van der Waals surface area contributed by atoms with Gasteiger partial charge in [-0.1, -0.05) is 11.6 Å². The van der Waals surface area contributed by atoms with E-state index in [1.165, 1.54) is 23.1 Å². The van der Waals surface area contributed by atoms with Crippen LogP contribution in [0.1, 0.15) is 23.2 Å². The molecule has 23 heavy (non-hydrogen) atoms. The van der Waals surface area contributed by atoms with Gasteiger partial charge >= 0.3 is 5.97 Å². The van der Waals surface area contributed by atoms with E-state index < -0.39 is 24.4 Å². The molecule has 0 saturated carbocycles. The Hall–Kier alpha value is -2.28. The second-order valence-corrected chi connectivity index (χ2v) is 5.76. The van der Waals surface area contributed by atoms with Gasteiger partial charge in [-0.3, -0.25) is 9.59 Å². The van der Waals surface area contributed by atoms with Crippen molar-refractivity contribution in [3.05, 3.63) is 28.8 Å². The molecular formula is C15H17ClN2O5. The van der Waals surface area contributed by atoms with Gasteiger partial charge in [-0.2, -0.15) is 0 Å². The Morgan fingerprint density at radius 1 is 1.39 bits per heavy atom. The summed E-state index contributed by atoms with van der Waals surface area (Å²) in [6.07, 6.45) is 1.32. The number of nitrogens with zero attached hydrogens (tertiary/aromatic N) is 1. The maximum absolute atomic E-state index is 12.1. The second-order valence-electron chi connectivity index (χ2n) is 5.32. The highest BCUT2D eigenvalue weighted by Crippen LogP contribution is 2.22. The first-order valence-corrected chi connectivity index (χ1v) is 7.49. The smallest absolute Gasteiger partial charge is 0.342 e. The lowest BCUT2D eigenvalue weighted by Gasteiger charge is -2.31. The number of phenolic OH excluding ortho intramolecular Hbond substituents is 1. The van der Waals surface area contributed by atoms with Crippen LogP contribution < -0.4 is 5.73 Å². The van der Waals surface area contributed by atoms with Crippen molar-refractivity contribution < 1.29 is 24.2 Å². The van der Waals surface area contributed by atoms with Gasteiger partial charge in [0.1, 0.15) is 11.3 Å². The normalized spacial score (nSPS) is 17.6. The highest BCUT2D eigenvalue weighted by Gasteiger charge is 2.27. The Kier molecular flexibility index (Phi) is 5.44. The van der Waals surface area contributed by atoms with Crippen molar-refractivity contribution in [1.29, 1.82) is 0 Å². The standard InChI is InChI=1S/C15H17ClN2O5/c16-10-3-4-11(12(19)6-10)15(22)23-8-13(20)18-5-1-2-9(7-18)14(17)21/h3-4,6,9,19H,1-2,5,7-8H2,(H2,17,21)/t9-/m1/s1. The summed E-state index contributed by atoms with van der Waals surface area (Å²) in [5.74, 6) is -2.36. The molecule has 8 heteroatoms. The molecule has 1 aliphatic rings. The number of amides is 2. The van der Waals surface area contributed by atoms with Gasteiger partial charge in [-0.25, -0.2) is 4.79 Å². The number of carbonyl (C=O) groups is 3. The van der Waals surface area contributed by atoms with Gasteiger partial charge in [0.15, 0.2) is 6.61 Å². The molecule has 0 aliphatic carbocycles. The summed E-state index contributed by atoms with van der Waals surface area (Å²) < 4.78 is 4.91. The minimum atomic E-state index is -0.823. The Morgan fingerprint density at radius 3 is 2.78 bits per heavy atom. The number of ether oxygens (including phenoxy) is 1. The third-order valence-corrected chi connectivity index (χ3v) is 3.92. The predicted octanol–water partition coefficient (Wildman–Crippen LogP) is 0.926. The summed E-state index contributed by atoms with van der Waals surface area (Å²) in [5.41, 5.74) is 5.18. The van der Waals surface area contributed by atoms with Crippen molar-refractivity contribution in [1.82, 2.24) is 4.90 Å². The van der Waals surface area contributed by atoms with Crippen LogP contribution in [0.15, 0.2) is 18.2 Å². The Morgan fingerprint density at radius 2 is 2.13 bits per heavy atom. The molecule has 0 aromatic heterocycles. The average Bonchev–Trinajstić information content (AvgIpc) is 2.52. The van der Waals surface area contributed by atoms with Crippen molar-refractivity contribution >= 4 is 29.4 Å². The van der Waals surface area contributed by atoms with E-state index in [1.54, 1.807) is 0 Å². The largest absolute Gasteiger partial charge is 0.507 e. The molecule has 2 rings (SSSR count). The van der Waals surface area contributed by atoms with Crippen LogP contribution in [0.25, 0.3) is 0 Å². The first kappa shape index (κ1) is 17.1. The minimum Gasteiger partial charge on any atom is -0.507 e. The van der Waals surface area contributed by atoms with Crippen molar-refractivity contribution in [2.24, 2.45) is 11.7 Å². The van der Waals surface area contributed by atoms with Gasteiger partial charge in [0, 0.05) is 18.1 Å². The molecule has 1 aliphatic heterocycles. The number of nitrogens with two attached hydrogens (primary N) is 1. The summed E-state index contributed by atoms with van der Waals surface area (Å²) in [5, 5.41) is 9.92. The molecule has 1 aromatic rings. The lowest BCUT2D eigenvalue weighted by Crippen LogP contribution is -2.45. The monoisotopic (exact) mass is 340 g/mol. The number of piperidine rings is 1. The molecule has 1 atom stereocenters. The minimum absolute atomic E-state index is 0.0733. The molecule has 1 heterocycles. The molecule has 1 aromatic carbocycles. The zero-order valence-corrected chi connectivity index (χ0v) is 13.1. The van der Waals surface area contributed by atoms with Gasteiger partial charge in [-0.05, 0) is 31.0 Å². The predicted molar refractivity (Wildman–Crippen MR) is 81.9 cm³/mol. The van der Waals surface area contributed by atoms with Gasteiger partial charge in [0.2, 0.25) is 5.91 Å². The zero-order chi connectivity index (χ0) is 17.0. The SMILES string of the molecule is NC(=O)[C@@H]1CCCN(C(=O)COC(=O)c2ccc(Cl)cc2O)C1. The van der Waals surface area contributed by atoms with Gasteiger partial charge in [0.05, 0.1) is 5.92 Å². The Balaban J connectivity index is 1.91. The average molecular weight is 341 g/mol. The zero-order valence-electron chi connectivity index (χ0n) is 12.3. The van der Waals surface area contributed by atoms with E-state index >= 15 is 0 Å². The van der Waals surface area contributed by atoms with E-state index in [2.05, 4.69) is 0 Å². The Labute approximate surface area is 138 Å². The summed E-state index contributed by atoms with van der Waals surface area (Å²) in [7, 11) is 0. The van der Waals surface area contributed by atoms with Gasteiger partial charge in [-0.15, -0.1) is 0 Å². The van der Waals surface area contributed by atoms with Crippen molar-refractivity contribution in [3.8, 4) is 5.75 Å². The quantitative estimate of drug-likeness (QED) is 0.792. The fourth-order valence-electron chi connectivity index (χ4n) is 2.41. The summed E-state index contributed by atoms with van der Waals surface area (Å²) in [6.45, 7) is 0.261. The van der Waals surface area contributed by atoms with Crippen molar-refractivity contribution in [2.75, 3.05) is 19.7 Å². The van der Waals surface area contributed by atoms with Crippen molar-refractivity contribution in [2.45, 2.75) is 12.8 Å². The molecule has 2 amide bonds. The van der Waals surface area contributed by atoms with Gasteiger partial charge in [0.25, 0.3) is 5.91 Å². The highest BCUT2D eigenvalue weighted by atomic mass is 35.5. The van der Waals surface area contributed by atoms with E-state index in [1.807, 2.05) is 0 Å². The summed E-state index contributed by atoms with van der Waals surface area (Å²) in [4.78, 5) is 36.6. The topological polar surface area (TPSA) is 110 Å². The second kappa shape index (κ2) is 7.32. The lowest BCUT2D eigenvalue weighted by molar-refractivity contribution is -0.137. The van der Waals surface area contributed by atoms with Crippen LogP contribution in [-0.4, -0.2) is 47.5 Å². The first-order chi connectivity index (χ1) is 10.9. The molecular weight excluding hydrogens is 324 g/mol. The fourth-order valence-corrected chi connectivity index (χ4v) is 2.58. The van der Waals surface area contributed by atoms with Crippen LogP contribution in [0.4, 0.5) is 0 Å². The van der Waals surface area contributed by atoms with Crippen LogP contribution in [0.3, 0.4) is 0 Å². The number of halogens is 1. The third kappa shape index (κ3) is 4.35. The highest BCUT2D eigenvalue weighted by molar-refractivity contribution is 6.30. The number of esters is 1. The Bertz CT molecular complexity index is 634. The number of hydrogen-bond acceptors (Lipinski definition) is 5. The fraction of sp³-hybridized carbons (Fsp3) is 0.400. The molecule has 0 unspecified atom stereocenters. The molecule has 7 nitrogen and oxygen atoms in total. The maximum atomic E-state index is 12.1. The number of benzene rings is 1. The number of likely N-dealkylation sites (tertiary alicyclic amines) is 1. The van der Waals surface area contributed by atoms with E-state index in [0.29, 0.717) is 19.4 Å². The third-order valence-electron chi connectivity index (χ3n) is 3.68. The maximum Gasteiger partial charge on any atom is 0.342 e. The number of rotatable bonds is 4. The number of carbonyl (C=O) groups excluding carboxylic acids is 3. The number of primary amides is 1. The van der Waals surface area contributed by atoms with Crippen LogP contribution >= 0.6 is 11.6 Å².